The number of hydrogen-bond acceptors (Lipinski definition) is 5. The van der Waals surface area contributed by atoms with E-state index in [9.17, 15) is 4.79 Å². The molecule has 0 aliphatic carbocycles. The molecule has 0 bridgehead atoms. The Morgan fingerprint density at radius 2 is 2.07 bits per heavy atom. The number of pyridine rings is 1. The molecular weight excluding hydrogens is 404 g/mol. The largest absolute Gasteiger partial charge is 0.490 e. The summed E-state index contributed by atoms with van der Waals surface area (Å²) >= 11 is 6.39. The lowest BCUT2D eigenvalue weighted by Crippen LogP contribution is -2.23. The van der Waals surface area contributed by atoms with E-state index >= 15 is 0 Å². The average molecular weight is 429 g/mol. The molecule has 0 radical (unpaired) electrons. The zero-order valence-electron chi connectivity index (χ0n) is 17.1. The SMILES string of the molecule is CCCCOc1c(Cl)cc(C(=O)NCc2ccnc(-n3cccn3)c2)cc1OCC. The van der Waals surface area contributed by atoms with Gasteiger partial charge in [0.2, 0.25) is 0 Å². The first-order valence-electron chi connectivity index (χ1n) is 9.94. The van der Waals surface area contributed by atoms with Gasteiger partial charge in [0.1, 0.15) is 0 Å². The van der Waals surface area contributed by atoms with Crippen molar-refractivity contribution in [2.45, 2.75) is 33.2 Å². The Labute approximate surface area is 181 Å². The van der Waals surface area contributed by atoms with Gasteiger partial charge >= 0.3 is 0 Å². The lowest BCUT2D eigenvalue weighted by molar-refractivity contribution is 0.0950. The van der Waals surface area contributed by atoms with Gasteiger partial charge in [0.15, 0.2) is 17.3 Å². The number of unbranched alkanes of at least 4 members (excludes halogenated alkanes) is 1. The van der Waals surface area contributed by atoms with Gasteiger partial charge in [-0.3, -0.25) is 4.79 Å². The monoisotopic (exact) mass is 428 g/mol. The Morgan fingerprint density at radius 3 is 2.80 bits per heavy atom. The zero-order valence-corrected chi connectivity index (χ0v) is 17.9. The van der Waals surface area contributed by atoms with E-state index in [4.69, 9.17) is 21.1 Å². The summed E-state index contributed by atoms with van der Waals surface area (Å²) in [4.78, 5) is 17.0. The highest BCUT2D eigenvalue weighted by molar-refractivity contribution is 6.32. The molecule has 0 spiro atoms. The van der Waals surface area contributed by atoms with E-state index in [0.717, 1.165) is 18.4 Å². The molecule has 0 unspecified atom stereocenters. The van der Waals surface area contributed by atoms with Crippen LogP contribution in [-0.4, -0.2) is 33.9 Å². The lowest BCUT2D eigenvalue weighted by atomic mass is 10.1. The Morgan fingerprint density at radius 1 is 1.20 bits per heavy atom. The van der Waals surface area contributed by atoms with Gasteiger partial charge in [0, 0.05) is 30.7 Å². The van der Waals surface area contributed by atoms with Crippen molar-refractivity contribution in [2.75, 3.05) is 13.2 Å². The van der Waals surface area contributed by atoms with Crippen molar-refractivity contribution in [3.63, 3.8) is 0 Å². The Bertz CT molecular complexity index is 977. The van der Waals surface area contributed by atoms with Crippen LogP contribution in [-0.2, 0) is 6.54 Å². The van der Waals surface area contributed by atoms with E-state index in [1.165, 1.54) is 0 Å². The quantitative estimate of drug-likeness (QED) is 0.483. The highest BCUT2D eigenvalue weighted by atomic mass is 35.5. The summed E-state index contributed by atoms with van der Waals surface area (Å²) in [6.45, 7) is 5.28. The summed E-state index contributed by atoms with van der Waals surface area (Å²) in [5, 5.41) is 7.43. The molecule has 3 aromatic rings. The molecule has 1 aromatic carbocycles. The highest BCUT2D eigenvalue weighted by Crippen LogP contribution is 2.37. The Hall–Kier alpha value is -3.06. The van der Waals surface area contributed by atoms with Crippen molar-refractivity contribution in [3.05, 3.63) is 65.1 Å². The van der Waals surface area contributed by atoms with Crippen LogP contribution in [0.4, 0.5) is 0 Å². The second-order valence-corrected chi connectivity index (χ2v) is 6.98. The molecule has 0 saturated carbocycles. The molecule has 0 saturated heterocycles. The minimum atomic E-state index is -0.254. The Kier molecular flexibility index (Phi) is 7.68. The molecule has 2 heterocycles. The minimum Gasteiger partial charge on any atom is -0.490 e. The fraction of sp³-hybridized carbons (Fsp3) is 0.318. The first-order chi connectivity index (χ1) is 14.6. The maximum Gasteiger partial charge on any atom is 0.251 e. The van der Waals surface area contributed by atoms with Crippen LogP contribution >= 0.6 is 11.6 Å². The van der Waals surface area contributed by atoms with E-state index in [0.29, 0.717) is 47.7 Å². The van der Waals surface area contributed by atoms with E-state index < -0.39 is 0 Å². The molecular formula is C22H25ClN4O3. The zero-order chi connectivity index (χ0) is 21.3. The van der Waals surface area contributed by atoms with Crippen molar-refractivity contribution in [1.82, 2.24) is 20.1 Å². The number of nitrogens with zero attached hydrogens (tertiary/aromatic N) is 3. The van der Waals surface area contributed by atoms with E-state index in [-0.39, 0.29) is 5.91 Å². The molecule has 3 rings (SSSR count). The van der Waals surface area contributed by atoms with Gasteiger partial charge in [-0.15, -0.1) is 0 Å². The second kappa shape index (κ2) is 10.6. The van der Waals surface area contributed by atoms with Gasteiger partial charge in [-0.05, 0) is 49.2 Å². The molecule has 8 heteroatoms. The summed E-state index contributed by atoms with van der Waals surface area (Å²) in [7, 11) is 0. The molecule has 0 atom stereocenters. The number of amides is 1. The number of halogens is 1. The van der Waals surface area contributed by atoms with Gasteiger partial charge in [-0.1, -0.05) is 24.9 Å². The number of carbonyl (C=O) groups excluding carboxylic acids is 1. The predicted molar refractivity (Wildman–Crippen MR) is 116 cm³/mol. The second-order valence-electron chi connectivity index (χ2n) is 6.58. The van der Waals surface area contributed by atoms with Crippen molar-refractivity contribution in [2.24, 2.45) is 0 Å². The van der Waals surface area contributed by atoms with Crippen molar-refractivity contribution in [3.8, 4) is 17.3 Å². The number of rotatable bonds is 10. The fourth-order valence-electron chi connectivity index (χ4n) is 2.81. The van der Waals surface area contributed by atoms with E-state index in [2.05, 4.69) is 22.3 Å². The predicted octanol–water partition coefficient (Wildman–Crippen LogP) is 4.43. The van der Waals surface area contributed by atoms with Crippen molar-refractivity contribution >= 4 is 17.5 Å². The smallest absolute Gasteiger partial charge is 0.251 e. The minimum absolute atomic E-state index is 0.254. The van der Waals surface area contributed by atoms with Crippen LogP contribution in [0.2, 0.25) is 5.02 Å². The molecule has 2 aromatic heterocycles. The average Bonchev–Trinajstić information content (AvgIpc) is 3.29. The summed E-state index contributed by atoms with van der Waals surface area (Å²) in [5.41, 5.74) is 1.31. The van der Waals surface area contributed by atoms with Crippen LogP contribution in [0.5, 0.6) is 11.5 Å². The third-order valence-electron chi connectivity index (χ3n) is 4.32. The normalized spacial score (nSPS) is 10.6. The highest BCUT2D eigenvalue weighted by Gasteiger charge is 2.16. The van der Waals surface area contributed by atoms with Crippen LogP contribution in [0.1, 0.15) is 42.6 Å². The molecule has 1 amide bonds. The standard InChI is InChI=1S/C22H25ClN4O3/c1-3-5-11-30-21-18(23)13-17(14-19(21)29-4-2)22(28)25-15-16-7-9-24-20(12-16)27-10-6-8-26-27/h6-10,12-14H,3-5,11,15H2,1-2H3,(H,25,28). The van der Waals surface area contributed by atoms with Gasteiger partial charge in [-0.2, -0.15) is 5.10 Å². The molecule has 0 aliphatic rings. The maximum absolute atomic E-state index is 12.7. The Balaban J connectivity index is 1.71. The molecule has 0 fully saturated rings. The third-order valence-corrected chi connectivity index (χ3v) is 4.60. The van der Waals surface area contributed by atoms with Crippen molar-refractivity contribution < 1.29 is 14.3 Å². The number of hydrogen-bond donors (Lipinski definition) is 1. The number of benzene rings is 1. The van der Waals surface area contributed by atoms with Crippen molar-refractivity contribution in [1.29, 1.82) is 0 Å². The molecule has 1 N–H and O–H groups in total. The molecule has 0 aliphatic heterocycles. The first kappa shape index (κ1) is 21.6. The van der Waals surface area contributed by atoms with E-state index in [1.54, 1.807) is 29.2 Å². The maximum atomic E-state index is 12.7. The van der Waals surface area contributed by atoms with Crippen LogP contribution < -0.4 is 14.8 Å². The summed E-state index contributed by atoms with van der Waals surface area (Å²) < 4.78 is 13.1. The fourth-order valence-corrected chi connectivity index (χ4v) is 3.07. The van der Waals surface area contributed by atoms with Gasteiger partial charge in [0.25, 0.3) is 5.91 Å². The lowest BCUT2D eigenvalue weighted by Gasteiger charge is -2.15. The van der Waals surface area contributed by atoms with Gasteiger partial charge in [0.05, 0.1) is 18.2 Å². The van der Waals surface area contributed by atoms with Crippen LogP contribution in [0, 0.1) is 0 Å². The molecule has 158 valence electrons. The first-order valence-corrected chi connectivity index (χ1v) is 10.3. The summed E-state index contributed by atoms with van der Waals surface area (Å²) in [6.07, 6.45) is 7.11. The van der Waals surface area contributed by atoms with E-state index in [1.807, 2.05) is 31.3 Å². The number of ether oxygens (including phenoxy) is 2. The number of carbonyl (C=O) groups is 1. The number of nitrogens with one attached hydrogen (secondary N) is 1. The molecule has 30 heavy (non-hydrogen) atoms. The van der Waals surface area contributed by atoms with Crippen LogP contribution in [0.25, 0.3) is 5.82 Å². The topological polar surface area (TPSA) is 78.3 Å². The van der Waals surface area contributed by atoms with Gasteiger partial charge < -0.3 is 14.8 Å². The van der Waals surface area contributed by atoms with Gasteiger partial charge in [-0.25, -0.2) is 9.67 Å². The third kappa shape index (κ3) is 5.51. The molecule has 7 nitrogen and oxygen atoms in total. The summed E-state index contributed by atoms with van der Waals surface area (Å²) in [5.74, 6) is 1.37. The summed E-state index contributed by atoms with van der Waals surface area (Å²) in [6, 6.07) is 8.80. The van der Waals surface area contributed by atoms with Crippen LogP contribution in [0.15, 0.2) is 48.9 Å². The van der Waals surface area contributed by atoms with Crippen LogP contribution in [0.3, 0.4) is 0 Å². The number of aromatic nitrogens is 3.